The molecule has 5 nitrogen and oxygen atoms in total. The fraction of sp³-hybridized carbons (Fsp3) is 0.400. The molecule has 0 radical (unpaired) electrons. The largest absolute Gasteiger partial charge is 0.322 e. The third kappa shape index (κ3) is 4.10. The monoisotopic (exact) mass is 338 g/mol. The van der Waals surface area contributed by atoms with Crippen molar-refractivity contribution < 1.29 is 4.79 Å². The predicted octanol–water partition coefficient (Wildman–Crippen LogP) is 4.25. The van der Waals surface area contributed by atoms with Crippen molar-refractivity contribution >= 4 is 17.8 Å². The molecular weight excluding hydrogens is 312 g/mol. The van der Waals surface area contributed by atoms with E-state index in [4.69, 9.17) is 0 Å². The molecule has 0 bridgehead atoms. The quantitative estimate of drug-likeness (QED) is 0.906. The molecule has 1 aromatic carbocycles. The minimum Gasteiger partial charge on any atom is -0.318 e. The van der Waals surface area contributed by atoms with Gasteiger partial charge in [0.05, 0.1) is 17.4 Å². The molecule has 5 heteroatoms. The summed E-state index contributed by atoms with van der Waals surface area (Å²) in [5.41, 5.74) is 2.88. The first kappa shape index (κ1) is 17.3. The Labute approximate surface area is 149 Å². The van der Waals surface area contributed by atoms with Crippen LogP contribution in [0.4, 0.5) is 10.5 Å². The third-order valence-corrected chi connectivity index (χ3v) is 4.52. The summed E-state index contributed by atoms with van der Waals surface area (Å²) < 4.78 is 1.75. The highest BCUT2D eigenvalue weighted by Crippen LogP contribution is 2.25. The summed E-state index contributed by atoms with van der Waals surface area (Å²) in [6.07, 6.45) is 8.13. The molecule has 2 heterocycles. The molecule has 0 unspecified atom stereocenters. The van der Waals surface area contributed by atoms with Crippen LogP contribution in [-0.4, -0.2) is 33.3 Å². The molecule has 0 aliphatic carbocycles. The summed E-state index contributed by atoms with van der Waals surface area (Å²) in [5, 5.41) is 7.51. The Morgan fingerprint density at radius 2 is 2.08 bits per heavy atom. The summed E-state index contributed by atoms with van der Waals surface area (Å²) in [5.74, 6) is 0.267. The number of likely N-dealkylation sites (tertiary alicyclic amines) is 1. The lowest BCUT2D eigenvalue weighted by Crippen LogP contribution is -2.37. The van der Waals surface area contributed by atoms with Crippen LogP contribution in [0.15, 0.2) is 42.6 Å². The number of carbonyl (C=O) groups excluding carboxylic acids is 1. The highest BCUT2D eigenvalue weighted by atomic mass is 16.2. The molecule has 1 aliphatic rings. The van der Waals surface area contributed by atoms with Gasteiger partial charge in [0.15, 0.2) is 0 Å². The second-order valence-corrected chi connectivity index (χ2v) is 6.86. The van der Waals surface area contributed by atoms with Gasteiger partial charge >= 0.3 is 6.03 Å². The maximum atomic E-state index is 12.8. The van der Waals surface area contributed by atoms with E-state index in [1.165, 1.54) is 0 Å². The van der Waals surface area contributed by atoms with Crippen LogP contribution in [-0.2, 0) is 7.05 Å². The average molecular weight is 338 g/mol. The number of nitrogens with one attached hydrogen (secondary N) is 1. The Morgan fingerprint density at radius 1 is 1.32 bits per heavy atom. The van der Waals surface area contributed by atoms with Crippen molar-refractivity contribution in [3.05, 3.63) is 53.9 Å². The van der Waals surface area contributed by atoms with E-state index in [0.717, 1.165) is 36.3 Å². The van der Waals surface area contributed by atoms with Gasteiger partial charge in [0.25, 0.3) is 0 Å². The summed E-state index contributed by atoms with van der Waals surface area (Å²) in [6.45, 7) is 4.95. The molecule has 1 atom stereocenters. The summed E-state index contributed by atoms with van der Waals surface area (Å²) >= 11 is 0. The lowest BCUT2D eigenvalue weighted by molar-refractivity contribution is 0.214. The standard InChI is InChI=1S/C20H26N4O/c1-15(2)19-18(14-23(3)22-19)21-20(25)24-13-7-10-17(24)12-11-16-8-5-4-6-9-16/h4-6,8-9,11-12,14-15,17H,7,10,13H2,1-3H3,(H,21,25)/b12-11+/t17-/m0/s1. The average Bonchev–Trinajstić information content (AvgIpc) is 3.20. The molecule has 2 aromatic rings. The second-order valence-electron chi connectivity index (χ2n) is 6.86. The maximum absolute atomic E-state index is 12.8. The first-order chi connectivity index (χ1) is 12.0. The first-order valence-corrected chi connectivity index (χ1v) is 8.89. The highest BCUT2D eigenvalue weighted by Gasteiger charge is 2.27. The van der Waals surface area contributed by atoms with Gasteiger partial charge in [0.1, 0.15) is 0 Å². The number of benzene rings is 1. The summed E-state index contributed by atoms with van der Waals surface area (Å²) in [4.78, 5) is 14.7. The number of aryl methyl sites for hydroxylation is 1. The van der Waals surface area contributed by atoms with Crippen LogP contribution in [0, 0.1) is 0 Å². The van der Waals surface area contributed by atoms with E-state index < -0.39 is 0 Å². The van der Waals surface area contributed by atoms with Crippen molar-refractivity contribution in [3.63, 3.8) is 0 Å². The van der Waals surface area contributed by atoms with E-state index in [-0.39, 0.29) is 18.0 Å². The van der Waals surface area contributed by atoms with Crippen LogP contribution < -0.4 is 5.32 Å². The zero-order valence-electron chi connectivity index (χ0n) is 15.1. The van der Waals surface area contributed by atoms with Gasteiger partial charge in [-0.3, -0.25) is 4.68 Å². The Hall–Kier alpha value is -2.56. The van der Waals surface area contributed by atoms with E-state index in [9.17, 15) is 4.79 Å². The third-order valence-electron chi connectivity index (χ3n) is 4.52. The Morgan fingerprint density at radius 3 is 2.80 bits per heavy atom. The van der Waals surface area contributed by atoms with Crippen LogP contribution in [0.5, 0.6) is 0 Å². The van der Waals surface area contributed by atoms with Crippen molar-refractivity contribution in [1.29, 1.82) is 0 Å². The molecule has 1 fully saturated rings. The topological polar surface area (TPSA) is 50.2 Å². The molecule has 3 rings (SSSR count). The number of carbonyl (C=O) groups is 1. The van der Waals surface area contributed by atoms with Crippen LogP contribution in [0.2, 0.25) is 0 Å². The smallest absolute Gasteiger partial charge is 0.318 e. The van der Waals surface area contributed by atoms with Crippen molar-refractivity contribution in [2.24, 2.45) is 7.05 Å². The molecule has 0 saturated carbocycles. The molecule has 1 saturated heterocycles. The van der Waals surface area contributed by atoms with E-state index in [2.05, 4.69) is 48.5 Å². The Balaban J connectivity index is 1.70. The van der Waals surface area contributed by atoms with Gasteiger partial charge in [-0.1, -0.05) is 56.3 Å². The van der Waals surface area contributed by atoms with E-state index >= 15 is 0 Å². The molecule has 132 valence electrons. The fourth-order valence-corrected chi connectivity index (χ4v) is 3.25. The number of aromatic nitrogens is 2. The van der Waals surface area contributed by atoms with Crippen molar-refractivity contribution in [2.75, 3.05) is 11.9 Å². The molecule has 25 heavy (non-hydrogen) atoms. The number of hydrogen-bond acceptors (Lipinski definition) is 2. The van der Waals surface area contributed by atoms with E-state index in [0.29, 0.717) is 0 Å². The molecule has 0 spiro atoms. The normalized spacial score (nSPS) is 17.6. The number of urea groups is 1. The SMILES string of the molecule is CC(C)c1nn(C)cc1NC(=O)N1CCC[C@H]1/C=C/c1ccccc1. The maximum Gasteiger partial charge on any atom is 0.322 e. The minimum absolute atomic E-state index is 0.0462. The summed E-state index contributed by atoms with van der Waals surface area (Å²) in [7, 11) is 1.88. The van der Waals surface area contributed by atoms with Crippen LogP contribution >= 0.6 is 0 Å². The minimum atomic E-state index is -0.0462. The molecule has 1 aromatic heterocycles. The zero-order valence-corrected chi connectivity index (χ0v) is 15.1. The molecule has 1 aliphatic heterocycles. The van der Waals surface area contributed by atoms with Crippen molar-refractivity contribution in [1.82, 2.24) is 14.7 Å². The van der Waals surface area contributed by atoms with Gasteiger partial charge in [-0.2, -0.15) is 5.10 Å². The van der Waals surface area contributed by atoms with Gasteiger partial charge in [0.2, 0.25) is 0 Å². The second kappa shape index (κ2) is 7.55. The van der Waals surface area contributed by atoms with Crippen molar-refractivity contribution in [3.8, 4) is 0 Å². The lowest BCUT2D eigenvalue weighted by atomic mass is 10.1. The zero-order chi connectivity index (χ0) is 17.8. The van der Waals surface area contributed by atoms with Crippen molar-refractivity contribution in [2.45, 2.75) is 38.6 Å². The molecule has 1 N–H and O–H groups in total. The number of hydrogen-bond donors (Lipinski definition) is 1. The molecular formula is C20H26N4O. The van der Waals surface area contributed by atoms with Crippen LogP contribution in [0.3, 0.4) is 0 Å². The van der Waals surface area contributed by atoms with Gasteiger partial charge in [-0.25, -0.2) is 4.79 Å². The predicted molar refractivity (Wildman–Crippen MR) is 102 cm³/mol. The number of nitrogens with zero attached hydrogens (tertiary/aromatic N) is 3. The van der Waals surface area contributed by atoms with E-state index in [1.807, 2.05) is 36.3 Å². The van der Waals surface area contributed by atoms with E-state index in [1.54, 1.807) is 4.68 Å². The number of anilines is 1. The first-order valence-electron chi connectivity index (χ1n) is 8.89. The number of amides is 2. The van der Waals surface area contributed by atoms with Gasteiger partial charge in [-0.05, 0) is 24.3 Å². The van der Waals surface area contributed by atoms with Gasteiger partial charge < -0.3 is 10.2 Å². The van der Waals surface area contributed by atoms with Crippen LogP contribution in [0.1, 0.15) is 43.9 Å². The fourth-order valence-electron chi connectivity index (χ4n) is 3.25. The highest BCUT2D eigenvalue weighted by molar-refractivity contribution is 5.90. The van der Waals surface area contributed by atoms with Gasteiger partial charge in [-0.15, -0.1) is 0 Å². The summed E-state index contributed by atoms with van der Waals surface area (Å²) in [6, 6.07) is 10.3. The lowest BCUT2D eigenvalue weighted by Gasteiger charge is -2.22. The Bertz CT molecular complexity index is 748. The van der Waals surface area contributed by atoms with Crippen LogP contribution in [0.25, 0.3) is 6.08 Å². The Kier molecular flexibility index (Phi) is 5.22. The number of rotatable bonds is 4. The van der Waals surface area contributed by atoms with Gasteiger partial charge in [0, 0.05) is 19.8 Å². The molecule has 2 amide bonds.